The van der Waals surface area contributed by atoms with E-state index >= 15 is 0 Å². The van der Waals surface area contributed by atoms with Gasteiger partial charge < -0.3 is 24.4 Å². The lowest BCUT2D eigenvalue weighted by atomic mass is 9.92. The first-order valence-electron chi connectivity index (χ1n) is 7.82. The predicted molar refractivity (Wildman–Crippen MR) is 96.9 cm³/mol. The monoisotopic (exact) mass is 358 g/mol. The highest BCUT2D eigenvalue weighted by Gasteiger charge is 2.28. The van der Waals surface area contributed by atoms with Crippen molar-refractivity contribution < 1.29 is 19.0 Å². The van der Waals surface area contributed by atoms with Gasteiger partial charge in [-0.1, -0.05) is 0 Å². The fraction of sp³-hybridized carbons (Fsp3) is 0.588. The Hall–Kier alpha value is -1.66. The SMILES string of the molecule is COc1cc(N(C)C(=O)[C@H]2CCN[C@@H](C)C2)cc(OC)c1OC.Cl. The zero-order valence-electron chi connectivity index (χ0n) is 14.9. The number of piperidine rings is 1. The van der Waals surface area contributed by atoms with Gasteiger partial charge in [-0.05, 0) is 26.3 Å². The number of carbonyl (C=O) groups is 1. The molecular weight excluding hydrogens is 332 g/mol. The zero-order chi connectivity index (χ0) is 17.0. The van der Waals surface area contributed by atoms with Gasteiger partial charge in [0, 0.05) is 31.1 Å². The van der Waals surface area contributed by atoms with E-state index in [-0.39, 0.29) is 24.2 Å². The Morgan fingerprint density at radius 3 is 2.21 bits per heavy atom. The number of rotatable bonds is 5. The van der Waals surface area contributed by atoms with Gasteiger partial charge in [-0.3, -0.25) is 4.79 Å². The first-order valence-corrected chi connectivity index (χ1v) is 7.82. The highest BCUT2D eigenvalue weighted by molar-refractivity contribution is 5.95. The molecule has 0 spiro atoms. The van der Waals surface area contributed by atoms with E-state index in [1.54, 1.807) is 45.4 Å². The molecule has 1 fully saturated rings. The molecule has 1 aliphatic rings. The van der Waals surface area contributed by atoms with Crippen molar-refractivity contribution in [3.05, 3.63) is 12.1 Å². The maximum absolute atomic E-state index is 12.8. The summed E-state index contributed by atoms with van der Waals surface area (Å²) in [6, 6.07) is 3.96. The number of benzene rings is 1. The number of hydrogen-bond donors (Lipinski definition) is 1. The summed E-state index contributed by atoms with van der Waals surface area (Å²) in [6.45, 7) is 2.99. The van der Waals surface area contributed by atoms with Crippen LogP contribution in [0.15, 0.2) is 12.1 Å². The van der Waals surface area contributed by atoms with Crippen molar-refractivity contribution in [1.29, 1.82) is 0 Å². The Bertz CT molecular complexity index is 543. The van der Waals surface area contributed by atoms with Crippen molar-refractivity contribution in [3.8, 4) is 17.2 Å². The summed E-state index contributed by atoms with van der Waals surface area (Å²) in [4.78, 5) is 14.5. The minimum atomic E-state index is 0. The smallest absolute Gasteiger partial charge is 0.229 e. The number of amides is 1. The molecule has 0 radical (unpaired) electrons. The van der Waals surface area contributed by atoms with Crippen LogP contribution in [0.2, 0.25) is 0 Å². The molecule has 0 aliphatic carbocycles. The third-order valence-corrected chi connectivity index (χ3v) is 4.34. The zero-order valence-corrected chi connectivity index (χ0v) is 15.7. The molecule has 136 valence electrons. The van der Waals surface area contributed by atoms with Gasteiger partial charge in [-0.15, -0.1) is 12.4 Å². The molecule has 1 heterocycles. The number of ether oxygens (including phenoxy) is 3. The molecule has 0 bridgehead atoms. The number of nitrogens with zero attached hydrogens (tertiary/aromatic N) is 1. The molecule has 7 heteroatoms. The molecule has 0 unspecified atom stereocenters. The van der Waals surface area contributed by atoms with Crippen molar-refractivity contribution in [2.45, 2.75) is 25.8 Å². The van der Waals surface area contributed by atoms with Crippen molar-refractivity contribution in [1.82, 2.24) is 5.32 Å². The molecule has 1 aromatic carbocycles. The molecule has 1 aliphatic heterocycles. The van der Waals surface area contributed by atoms with Gasteiger partial charge in [-0.2, -0.15) is 0 Å². The van der Waals surface area contributed by atoms with Crippen LogP contribution in [0.5, 0.6) is 17.2 Å². The molecule has 2 atom stereocenters. The van der Waals surface area contributed by atoms with Crippen LogP contribution >= 0.6 is 12.4 Å². The van der Waals surface area contributed by atoms with Crippen LogP contribution in [0.3, 0.4) is 0 Å². The number of halogens is 1. The standard InChI is InChI=1S/C17H26N2O4.ClH/c1-11-8-12(6-7-18-11)17(20)19(2)13-9-14(21-3)16(23-5)15(10-13)22-4;/h9-12,18H,6-8H2,1-5H3;1H/t11-,12-;/m0./s1. The Kier molecular flexibility index (Phi) is 7.63. The van der Waals surface area contributed by atoms with Crippen LogP contribution in [0.1, 0.15) is 19.8 Å². The fourth-order valence-electron chi connectivity index (χ4n) is 3.02. The van der Waals surface area contributed by atoms with E-state index < -0.39 is 0 Å². The van der Waals surface area contributed by atoms with Crippen molar-refractivity contribution in [3.63, 3.8) is 0 Å². The van der Waals surface area contributed by atoms with E-state index in [4.69, 9.17) is 14.2 Å². The second-order valence-corrected chi connectivity index (χ2v) is 5.86. The number of methoxy groups -OCH3 is 3. The van der Waals surface area contributed by atoms with Gasteiger partial charge in [0.1, 0.15) is 0 Å². The summed E-state index contributed by atoms with van der Waals surface area (Å²) in [5.41, 5.74) is 0.732. The average Bonchev–Trinajstić information content (AvgIpc) is 2.58. The minimum absolute atomic E-state index is 0. The van der Waals surface area contributed by atoms with Crippen LogP contribution in [0.4, 0.5) is 5.69 Å². The summed E-state index contributed by atoms with van der Waals surface area (Å²) in [7, 11) is 6.48. The van der Waals surface area contributed by atoms with Crippen LogP contribution < -0.4 is 24.4 Å². The number of nitrogens with one attached hydrogen (secondary N) is 1. The van der Waals surface area contributed by atoms with E-state index in [1.165, 1.54) is 0 Å². The van der Waals surface area contributed by atoms with Gasteiger partial charge in [0.25, 0.3) is 0 Å². The summed E-state index contributed by atoms with van der Waals surface area (Å²) in [5.74, 6) is 1.76. The maximum Gasteiger partial charge on any atom is 0.229 e. The normalized spacial score (nSPS) is 19.9. The van der Waals surface area contributed by atoms with E-state index in [0.717, 1.165) is 25.1 Å². The van der Waals surface area contributed by atoms with Gasteiger partial charge in [0.05, 0.1) is 27.0 Å². The van der Waals surface area contributed by atoms with Crippen molar-refractivity contribution in [2.75, 3.05) is 39.8 Å². The Morgan fingerprint density at radius 1 is 1.17 bits per heavy atom. The molecule has 24 heavy (non-hydrogen) atoms. The topological polar surface area (TPSA) is 60.0 Å². The second kappa shape index (κ2) is 8.99. The molecule has 1 N–H and O–H groups in total. The molecular formula is C17H27ClN2O4. The third-order valence-electron chi connectivity index (χ3n) is 4.34. The average molecular weight is 359 g/mol. The van der Waals surface area contributed by atoms with E-state index in [0.29, 0.717) is 23.3 Å². The van der Waals surface area contributed by atoms with Gasteiger partial charge in [-0.25, -0.2) is 0 Å². The molecule has 0 saturated carbocycles. The van der Waals surface area contributed by atoms with Crippen LogP contribution in [0, 0.1) is 5.92 Å². The Morgan fingerprint density at radius 2 is 1.75 bits per heavy atom. The number of hydrogen-bond acceptors (Lipinski definition) is 5. The Labute approximate surface area is 149 Å². The first kappa shape index (κ1) is 20.4. The number of anilines is 1. The van der Waals surface area contributed by atoms with Gasteiger partial charge >= 0.3 is 0 Å². The van der Waals surface area contributed by atoms with Gasteiger partial charge in [0.2, 0.25) is 11.7 Å². The summed E-state index contributed by atoms with van der Waals surface area (Å²) in [6.07, 6.45) is 1.71. The summed E-state index contributed by atoms with van der Waals surface area (Å²) >= 11 is 0. The van der Waals surface area contributed by atoms with E-state index in [9.17, 15) is 4.79 Å². The van der Waals surface area contributed by atoms with Crippen molar-refractivity contribution in [2.24, 2.45) is 5.92 Å². The third kappa shape index (κ3) is 4.24. The molecule has 6 nitrogen and oxygen atoms in total. The van der Waals surface area contributed by atoms with Gasteiger partial charge in [0.15, 0.2) is 11.5 Å². The minimum Gasteiger partial charge on any atom is -0.493 e. The largest absolute Gasteiger partial charge is 0.493 e. The lowest BCUT2D eigenvalue weighted by molar-refractivity contribution is -0.123. The van der Waals surface area contributed by atoms with Crippen LogP contribution in [0.25, 0.3) is 0 Å². The fourth-order valence-corrected chi connectivity index (χ4v) is 3.02. The lowest BCUT2D eigenvalue weighted by Gasteiger charge is -2.30. The quantitative estimate of drug-likeness (QED) is 0.876. The Balaban J connectivity index is 0.00000288. The summed E-state index contributed by atoms with van der Waals surface area (Å²) < 4.78 is 16.0. The lowest BCUT2D eigenvalue weighted by Crippen LogP contribution is -2.43. The van der Waals surface area contributed by atoms with E-state index in [2.05, 4.69) is 12.2 Å². The first-order chi connectivity index (χ1) is 11.0. The summed E-state index contributed by atoms with van der Waals surface area (Å²) in [5, 5.41) is 3.37. The predicted octanol–water partition coefficient (Wildman–Crippen LogP) is 2.49. The molecule has 1 amide bonds. The molecule has 1 saturated heterocycles. The van der Waals surface area contributed by atoms with Crippen LogP contribution in [-0.2, 0) is 4.79 Å². The van der Waals surface area contributed by atoms with Crippen molar-refractivity contribution >= 4 is 24.0 Å². The highest BCUT2D eigenvalue weighted by atomic mass is 35.5. The van der Waals surface area contributed by atoms with Crippen LogP contribution in [-0.4, -0.2) is 46.9 Å². The second-order valence-electron chi connectivity index (χ2n) is 5.86. The molecule has 2 rings (SSSR count). The van der Waals surface area contributed by atoms with E-state index in [1.807, 2.05) is 0 Å². The molecule has 1 aromatic rings. The highest BCUT2D eigenvalue weighted by Crippen LogP contribution is 2.41. The maximum atomic E-state index is 12.8. The number of carbonyl (C=O) groups excluding carboxylic acids is 1. The molecule has 0 aromatic heterocycles.